The normalized spacial score (nSPS) is 16.1. The van der Waals surface area contributed by atoms with Gasteiger partial charge in [-0.2, -0.15) is 0 Å². The Kier molecular flexibility index (Phi) is 7.59. The summed E-state index contributed by atoms with van der Waals surface area (Å²) < 4.78 is 0. The van der Waals surface area contributed by atoms with E-state index in [2.05, 4.69) is 0 Å². The summed E-state index contributed by atoms with van der Waals surface area (Å²) in [6.45, 7) is 5.41. The number of hydrogen-bond donors (Lipinski definition) is 0. The van der Waals surface area contributed by atoms with E-state index in [1.54, 1.807) is 11.8 Å². The second-order valence-corrected chi connectivity index (χ2v) is 5.85. The van der Waals surface area contributed by atoms with E-state index in [0.29, 0.717) is 19.5 Å². The third-order valence-electron chi connectivity index (χ3n) is 3.82. The standard InChI is InChI=1S/C15H29N3O2/c1-14(19)17(13-12-16(2)3)11-8-15(20)18-9-6-4-5-7-10-18/h4-13H2,1-3H3. The van der Waals surface area contributed by atoms with Gasteiger partial charge in [-0.25, -0.2) is 0 Å². The van der Waals surface area contributed by atoms with Crippen LogP contribution in [0.5, 0.6) is 0 Å². The lowest BCUT2D eigenvalue weighted by atomic mass is 10.2. The van der Waals surface area contributed by atoms with Crippen LogP contribution in [0.25, 0.3) is 0 Å². The van der Waals surface area contributed by atoms with Crippen LogP contribution in [0.3, 0.4) is 0 Å². The highest BCUT2D eigenvalue weighted by atomic mass is 16.2. The Morgan fingerprint density at radius 3 is 2.05 bits per heavy atom. The van der Waals surface area contributed by atoms with Crippen LogP contribution in [0.1, 0.15) is 39.0 Å². The molecule has 1 aliphatic rings. The van der Waals surface area contributed by atoms with Gasteiger partial charge >= 0.3 is 0 Å². The van der Waals surface area contributed by atoms with Gasteiger partial charge in [0.25, 0.3) is 0 Å². The highest BCUT2D eigenvalue weighted by molar-refractivity contribution is 5.78. The predicted octanol–water partition coefficient (Wildman–Crippen LogP) is 1.19. The van der Waals surface area contributed by atoms with E-state index in [0.717, 1.165) is 32.5 Å². The molecule has 0 aromatic rings. The third-order valence-corrected chi connectivity index (χ3v) is 3.82. The summed E-state index contributed by atoms with van der Waals surface area (Å²) in [7, 11) is 3.97. The Morgan fingerprint density at radius 1 is 0.950 bits per heavy atom. The topological polar surface area (TPSA) is 43.9 Å². The third kappa shape index (κ3) is 6.37. The Morgan fingerprint density at radius 2 is 1.55 bits per heavy atom. The second-order valence-electron chi connectivity index (χ2n) is 5.85. The van der Waals surface area contributed by atoms with Crippen molar-refractivity contribution >= 4 is 11.8 Å². The lowest BCUT2D eigenvalue weighted by molar-refractivity contribution is -0.133. The number of carbonyl (C=O) groups excluding carboxylic acids is 2. The summed E-state index contributed by atoms with van der Waals surface area (Å²) in [5.41, 5.74) is 0. The smallest absolute Gasteiger partial charge is 0.224 e. The molecule has 2 amide bonds. The first-order valence-electron chi connectivity index (χ1n) is 7.68. The van der Waals surface area contributed by atoms with Gasteiger partial charge in [-0.3, -0.25) is 9.59 Å². The molecule has 0 aliphatic carbocycles. The van der Waals surface area contributed by atoms with Crippen molar-refractivity contribution in [1.29, 1.82) is 0 Å². The fraction of sp³-hybridized carbons (Fsp3) is 0.867. The molecule has 116 valence electrons. The van der Waals surface area contributed by atoms with Gasteiger partial charge in [-0.15, -0.1) is 0 Å². The summed E-state index contributed by atoms with van der Waals surface area (Å²) in [5, 5.41) is 0. The van der Waals surface area contributed by atoms with Crippen LogP contribution in [0.4, 0.5) is 0 Å². The zero-order valence-corrected chi connectivity index (χ0v) is 13.2. The van der Waals surface area contributed by atoms with Crippen molar-refractivity contribution in [2.45, 2.75) is 39.0 Å². The van der Waals surface area contributed by atoms with Crippen LogP contribution in [-0.2, 0) is 9.59 Å². The fourth-order valence-electron chi connectivity index (χ4n) is 2.46. The van der Waals surface area contributed by atoms with Gasteiger partial charge in [0.2, 0.25) is 11.8 Å². The van der Waals surface area contributed by atoms with E-state index in [-0.39, 0.29) is 11.8 Å². The van der Waals surface area contributed by atoms with E-state index in [4.69, 9.17) is 0 Å². The maximum absolute atomic E-state index is 12.2. The fourth-order valence-corrected chi connectivity index (χ4v) is 2.46. The van der Waals surface area contributed by atoms with Gasteiger partial charge in [0.05, 0.1) is 0 Å². The molecule has 1 saturated heterocycles. The first kappa shape index (κ1) is 17.0. The summed E-state index contributed by atoms with van der Waals surface area (Å²) in [5.74, 6) is 0.249. The van der Waals surface area contributed by atoms with E-state index >= 15 is 0 Å². The van der Waals surface area contributed by atoms with Crippen LogP contribution in [0, 0.1) is 0 Å². The number of rotatable bonds is 6. The molecule has 0 aromatic heterocycles. The number of likely N-dealkylation sites (N-methyl/N-ethyl adjacent to an activating group) is 1. The predicted molar refractivity (Wildman–Crippen MR) is 80.5 cm³/mol. The molecule has 0 saturated carbocycles. The molecular formula is C15H29N3O2. The van der Waals surface area contributed by atoms with E-state index in [1.165, 1.54) is 12.8 Å². The van der Waals surface area contributed by atoms with Gasteiger partial charge in [0.1, 0.15) is 0 Å². The summed E-state index contributed by atoms with van der Waals surface area (Å²) in [6.07, 6.45) is 5.14. The number of carbonyl (C=O) groups is 2. The minimum atomic E-state index is 0.0514. The van der Waals surface area contributed by atoms with E-state index < -0.39 is 0 Å². The Hall–Kier alpha value is -1.10. The van der Waals surface area contributed by atoms with Crippen LogP contribution in [-0.4, -0.2) is 73.3 Å². The first-order valence-corrected chi connectivity index (χ1v) is 7.68. The molecule has 20 heavy (non-hydrogen) atoms. The second kappa shape index (κ2) is 8.95. The Balaban J connectivity index is 2.37. The van der Waals surface area contributed by atoms with E-state index in [9.17, 15) is 9.59 Å². The van der Waals surface area contributed by atoms with E-state index in [1.807, 2.05) is 23.9 Å². The molecule has 0 radical (unpaired) electrons. The lowest BCUT2D eigenvalue weighted by Crippen LogP contribution is -2.39. The molecule has 1 rings (SSSR count). The monoisotopic (exact) mass is 283 g/mol. The number of likely N-dealkylation sites (tertiary alicyclic amines) is 1. The maximum Gasteiger partial charge on any atom is 0.224 e. The lowest BCUT2D eigenvalue weighted by Gasteiger charge is -2.25. The highest BCUT2D eigenvalue weighted by Gasteiger charge is 2.17. The van der Waals surface area contributed by atoms with Gasteiger partial charge in [0.15, 0.2) is 0 Å². The van der Waals surface area contributed by atoms with Crippen molar-refractivity contribution in [3.05, 3.63) is 0 Å². The number of nitrogens with zero attached hydrogens (tertiary/aromatic N) is 3. The molecule has 0 unspecified atom stereocenters. The average Bonchev–Trinajstić information content (AvgIpc) is 2.66. The quantitative estimate of drug-likeness (QED) is 0.735. The van der Waals surface area contributed by atoms with Crippen LogP contribution in [0.15, 0.2) is 0 Å². The average molecular weight is 283 g/mol. The zero-order valence-electron chi connectivity index (χ0n) is 13.2. The van der Waals surface area contributed by atoms with Gasteiger partial charge in [0, 0.05) is 46.1 Å². The SMILES string of the molecule is CC(=O)N(CCC(=O)N1CCCCCC1)CCN(C)C. The van der Waals surface area contributed by atoms with Crippen molar-refractivity contribution in [3.8, 4) is 0 Å². The molecular weight excluding hydrogens is 254 g/mol. The summed E-state index contributed by atoms with van der Waals surface area (Å²) in [4.78, 5) is 29.6. The van der Waals surface area contributed by atoms with Crippen molar-refractivity contribution in [3.63, 3.8) is 0 Å². The molecule has 1 heterocycles. The van der Waals surface area contributed by atoms with Crippen LogP contribution in [0.2, 0.25) is 0 Å². The first-order chi connectivity index (χ1) is 9.50. The van der Waals surface area contributed by atoms with Crippen molar-refractivity contribution in [1.82, 2.24) is 14.7 Å². The van der Waals surface area contributed by atoms with Crippen LogP contribution < -0.4 is 0 Å². The molecule has 0 N–H and O–H groups in total. The molecule has 1 fully saturated rings. The van der Waals surface area contributed by atoms with Crippen molar-refractivity contribution in [2.75, 3.05) is 46.8 Å². The summed E-state index contributed by atoms with van der Waals surface area (Å²) >= 11 is 0. The van der Waals surface area contributed by atoms with Crippen molar-refractivity contribution < 1.29 is 9.59 Å². The largest absolute Gasteiger partial charge is 0.343 e. The summed E-state index contributed by atoms with van der Waals surface area (Å²) in [6, 6.07) is 0. The minimum absolute atomic E-state index is 0.0514. The number of hydrogen-bond acceptors (Lipinski definition) is 3. The zero-order chi connectivity index (χ0) is 15.0. The Labute approximate surface area is 122 Å². The maximum atomic E-state index is 12.2. The molecule has 0 aromatic carbocycles. The van der Waals surface area contributed by atoms with Gasteiger partial charge < -0.3 is 14.7 Å². The van der Waals surface area contributed by atoms with Crippen molar-refractivity contribution in [2.24, 2.45) is 0 Å². The van der Waals surface area contributed by atoms with Gasteiger partial charge in [-0.05, 0) is 26.9 Å². The molecule has 0 spiro atoms. The molecule has 0 atom stereocenters. The molecule has 5 nitrogen and oxygen atoms in total. The number of amides is 2. The van der Waals surface area contributed by atoms with Gasteiger partial charge in [-0.1, -0.05) is 12.8 Å². The highest BCUT2D eigenvalue weighted by Crippen LogP contribution is 2.11. The molecule has 0 bridgehead atoms. The van der Waals surface area contributed by atoms with Crippen LogP contribution >= 0.6 is 0 Å². The minimum Gasteiger partial charge on any atom is -0.343 e. The molecule has 5 heteroatoms. The molecule has 1 aliphatic heterocycles. The Bertz CT molecular complexity index is 310.